The minimum atomic E-state index is 0. The van der Waals surface area contributed by atoms with Crippen LogP contribution in [-0.2, 0) is 25.7 Å². The number of nitrogens with zero attached hydrogens (tertiary/aromatic N) is 2. The molecule has 3 aliphatic carbocycles. The highest BCUT2D eigenvalue weighted by atomic mass is 15.2. The lowest BCUT2D eigenvalue weighted by molar-refractivity contribution is 0.686. The molecule has 0 radical (unpaired) electrons. The lowest BCUT2D eigenvalue weighted by atomic mass is 9.86. The quantitative estimate of drug-likeness (QED) is 0.126. The molecule has 1 atom stereocenters. The molecule has 348 valence electrons. The average Bonchev–Trinajstić information content (AvgIpc) is 3.41. The van der Waals surface area contributed by atoms with E-state index in [9.17, 15) is 0 Å². The van der Waals surface area contributed by atoms with Crippen LogP contribution in [0.4, 0.5) is 22.7 Å². The van der Waals surface area contributed by atoms with Crippen molar-refractivity contribution in [2.75, 3.05) is 9.80 Å². The van der Waals surface area contributed by atoms with Gasteiger partial charge in [0.15, 0.2) is 0 Å². The molecular weight excluding hydrogens is 809 g/mol. The number of hydrogen-bond acceptors (Lipinski definition) is 2. The lowest BCUT2D eigenvalue weighted by Crippen LogP contribution is -2.31. The van der Waals surface area contributed by atoms with Crippen LogP contribution < -0.4 is 15.0 Å². The van der Waals surface area contributed by atoms with E-state index in [-0.39, 0.29) is 7.43 Å². The standard InChI is InChI=1S/C60H62N2.2C2H6.CH4/c1-8-9-10-11-12-18-46-20-15-22-55(45(46)7)61(50-36-41(3)34-42(4)37-50)57-32-27-48-26-31-54-58(33-28-49-25-30-53(57)59(48)60(49)54)62(51-38-43(5)35-44(6)39-51)56-23-16-21-47-19-14-13-17-40(2)24-29-52(47)56;2*1-2;/h9-17,20-23,25-26,28,30-31,33-36,38-39,42H,8,18-19,24,27,29,32,37H2,1-7H3;2*1-2H3;1H4/b10-9-,12-11-,14-13-,40-17-;;;. The summed E-state index contributed by atoms with van der Waals surface area (Å²) in [5, 5.41) is 6.76. The van der Waals surface area contributed by atoms with Crippen molar-refractivity contribution >= 4 is 50.0 Å². The van der Waals surface area contributed by atoms with E-state index in [2.05, 4.69) is 204 Å². The highest BCUT2D eigenvalue weighted by molar-refractivity contribution is 6.17. The molecule has 0 aromatic heterocycles. The van der Waals surface area contributed by atoms with E-state index in [1.54, 1.807) is 0 Å². The SMILES string of the molecule is C.CC.CC.CC/C=C\C=C/Cc1cccc(N(C2=CC(C)=CC(C)C2)C2=c3ccc4ccc(N(c5cc(C)cc(C)c5)c5cccc6c5CC/C(C)=C\C=C/C6)c5ccc(c3c45)CC2)c1C. The van der Waals surface area contributed by atoms with Crippen molar-refractivity contribution in [1.29, 1.82) is 0 Å². The zero-order valence-electron chi connectivity index (χ0n) is 42.0. The first-order chi connectivity index (χ1) is 32.2. The van der Waals surface area contributed by atoms with Crippen molar-refractivity contribution in [2.24, 2.45) is 5.92 Å². The van der Waals surface area contributed by atoms with Gasteiger partial charge in [0.1, 0.15) is 0 Å². The van der Waals surface area contributed by atoms with Gasteiger partial charge >= 0.3 is 0 Å². The number of fused-ring (bicyclic) bond motifs is 1. The van der Waals surface area contributed by atoms with Gasteiger partial charge in [-0.15, -0.1) is 0 Å². The van der Waals surface area contributed by atoms with Gasteiger partial charge in [-0.3, -0.25) is 0 Å². The summed E-state index contributed by atoms with van der Waals surface area (Å²) >= 11 is 0. The highest BCUT2D eigenvalue weighted by Crippen LogP contribution is 2.46. The molecule has 0 heterocycles. The zero-order chi connectivity index (χ0) is 46.9. The van der Waals surface area contributed by atoms with Crippen molar-refractivity contribution in [3.63, 3.8) is 0 Å². The number of allylic oxidation sites excluding steroid dienone is 12. The Labute approximate surface area is 405 Å². The van der Waals surface area contributed by atoms with Crippen LogP contribution in [0, 0.1) is 26.7 Å². The first-order valence-electron chi connectivity index (χ1n) is 25.1. The van der Waals surface area contributed by atoms with Gasteiger partial charge in [0.2, 0.25) is 0 Å². The lowest BCUT2D eigenvalue weighted by Gasteiger charge is -2.36. The van der Waals surface area contributed by atoms with Gasteiger partial charge in [0.05, 0.1) is 5.69 Å². The second kappa shape index (κ2) is 23.1. The molecule has 0 saturated carbocycles. The fourth-order valence-corrected chi connectivity index (χ4v) is 10.6. The predicted molar refractivity (Wildman–Crippen MR) is 298 cm³/mol. The zero-order valence-corrected chi connectivity index (χ0v) is 42.0. The summed E-state index contributed by atoms with van der Waals surface area (Å²) in [5.41, 5.74) is 20.2. The molecule has 0 fully saturated rings. The van der Waals surface area contributed by atoms with Gasteiger partial charge in [-0.2, -0.15) is 0 Å². The molecule has 6 aromatic carbocycles. The number of hydrogen-bond donors (Lipinski definition) is 0. The van der Waals surface area contributed by atoms with Crippen molar-refractivity contribution in [3.8, 4) is 0 Å². The molecule has 0 amide bonds. The smallest absolute Gasteiger partial charge is 0.0540 e. The molecule has 2 nitrogen and oxygen atoms in total. The molecule has 0 aliphatic heterocycles. The maximum atomic E-state index is 2.68. The van der Waals surface area contributed by atoms with E-state index in [1.165, 1.54) is 111 Å². The van der Waals surface area contributed by atoms with Gasteiger partial charge in [-0.1, -0.05) is 169 Å². The van der Waals surface area contributed by atoms with E-state index in [1.807, 2.05) is 27.7 Å². The van der Waals surface area contributed by atoms with E-state index in [0.29, 0.717) is 5.92 Å². The third-order valence-electron chi connectivity index (χ3n) is 13.4. The summed E-state index contributed by atoms with van der Waals surface area (Å²) in [6.07, 6.45) is 28.6. The Morgan fingerprint density at radius 3 is 2.16 bits per heavy atom. The monoisotopic (exact) mass is 887 g/mol. The maximum absolute atomic E-state index is 2.68. The van der Waals surface area contributed by atoms with E-state index in [4.69, 9.17) is 0 Å². The minimum absolute atomic E-state index is 0. The van der Waals surface area contributed by atoms with Crippen LogP contribution >= 0.6 is 0 Å². The maximum Gasteiger partial charge on any atom is 0.0540 e. The first-order valence-corrected chi connectivity index (χ1v) is 25.1. The van der Waals surface area contributed by atoms with E-state index < -0.39 is 0 Å². The summed E-state index contributed by atoms with van der Waals surface area (Å²) < 4.78 is 0. The summed E-state index contributed by atoms with van der Waals surface area (Å²) in [7, 11) is 0. The normalized spacial score (nSPS) is 16.8. The molecule has 9 rings (SSSR count). The number of anilines is 4. The van der Waals surface area contributed by atoms with Crippen LogP contribution in [-0.4, -0.2) is 0 Å². The third-order valence-corrected chi connectivity index (χ3v) is 13.4. The van der Waals surface area contributed by atoms with Crippen LogP contribution in [0.2, 0.25) is 0 Å². The minimum Gasteiger partial charge on any atom is -0.317 e. The molecule has 0 spiro atoms. The predicted octanol–water partition coefficient (Wildman–Crippen LogP) is 18.3. The first kappa shape index (κ1) is 50.3. The Morgan fingerprint density at radius 1 is 0.672 bits per heavy atom. The summed E-state index contributed by atoms with van der Waals surface area (Å²) in [6, 6.07) is 35.5. The Morgan fingerprint density at radius 2 is 1.40 bits per heavy atom. The fourth-order valence-electron chi connectivity index (χ4n) is 10.6. The average molecular weight is 887 g/mol. The van der Waals surface area contributed by atoms with Crippen LogP contribution in [0.15, 0.2) is 163 Å². The second-order valence-electron chi connectivity index (χ2n) is 18.2. The van der Waals surface area contributed by atoms with E-state index in [0.717, 1.165) is 51.4 Å². The third kappa shape index (κ3) is 10.7. The van der Waals surface area contributed by atoms with Gasteiger partial charge in [0.25, 0.3) is 0 Å². The molecule has 6 aromatic rings. The van der Waals surface area contributed by atoms with Crippen molar-refractivity contribution < 1.29 is 0 Å². The van der Waals surface area contributed by atoms with Gasteiger partial charge < -0.3 is 9.80 Å². The van der Waals surface area contributed by atoms with Crippen molar-refractivity contribution in [2.45, 2.75) is 135 Å². The topological polar surface area (TPSA) is 6.48 Å². The molecule has 2 heteroatoms. The van der Waals surface area contributed by atoms with Crippen LogP contribution in [0.5, 0.6) is 0 Å². The molecule has 3 aliphatic rings. The fraction of sp³-hybridized carbons (Fsp3) is 0.323. The van der Waals surface area contributed by atoms with Gasteiger partial charge in [-0.25, -0.2) is 0 Å². The van der Waals surface area contributed by atoms with Crippen LogP contribution in [0.1, 0.15) is 127 Å². The molecule has 0 bridgehead atoms. The van der Waals surface area contributed by atoms with Gasteiger partial charge in [-0.05, 0) is 183 Å². The molecule has 1 unspecified atom stereocenters. The van der Waals surface area contributed by atoms with Gasteiger partial charge in [0, 0.05) is 39.1 Å². The Balaban J connectivity index is 0.00000144. The summed E-state index contributed by atoms with van der Waals surface area (Å²) in [4.78, 5) is 5.27. The second-order valence-corrected chi connectivity index (χ2v) is 18.2. The Bertz CT molecular complexity index is 2920. The summed E-state index contributed by atoms with van der Waals surface area (Å²) in [5.74, 6) is 0.474. The molecular formula is C65H78N2. The molecule has 67 heavy (non-hydrogen) atoms. The number of aryl methyl sites for hydroxylation is 3. The number of rotatable bonds is 10. The Hall–Kier alpha value is -6.12. The molecule has 0 N–H and O–H groups in total. The van der Waals surface area contributed by atoms with Crippen molar-refractivity contribution in [1.82, 2.24) is 0 Å². The molecule has 0 saturated heterocycles. The highest BCUT2D eigenvalue weighted by Gasteiger charge is 2.28. The van der Waals surface area contributed by atoms with Crippen LogP contribution in [0.3, 0.4) is 0 Å². The van der Waals surface area contributed by atoms with E-state index >= 15 is 0 Å². The largest absolute Gasteiger partial charge is 0.317 e. The van der Waals surface area contributed by atoms with Crippen LogP contribution in [0.25, 0.3) is 27.2 Å². The summed E-state index contributed by atoms with van der Waals surface area (Å²) in [6.45, 7) is 23.9. The Kier molecular flexibility index (Phi) is 17.3. The van der Waals surface area contributed by atoms with Crippen molar-refractivity contribution in [3.05, 3.63) is 207 Å². The number of benzene rings is 6.